The van der Waals surface area contributed by atoms with Crippen LogP contribution in [0.3, 0.4) is 0 Å². The molecule has 0 saturated carbocycles. The summed E-state index contributed by atoms with van der Waals surface area (Å²) in [7, 11) is 0. The fourth-order valence-electron chi connectivity index (χ4n) is 0.829. The predicted molar refractivity (Wildman–Crippen MR) is 42.6 cm³/mol. The molecule has 0 aromatic heterocycles. The summed E-state index contributed by atoms with van der Waals surface area (Å²) >= 11 is 4.77. The second-order valence-electron chi connectivity index (χ2n) is 2.59. The molecule has 4 heteroatoms. The SMILES string of the molecule is CC[C@@]1(C)NC(=S)NC1=O. The van der Waals surface area contributed by atoms with Crippen LogP contribution in [0.4, 0.5) is 0 Å². The van der Waals surface area contributed by atoms with Crippen LogP contribution in [0.2, 0.25) is 0 Å². The molecule has 0 bridgehead atoms. The first-order valence-corrected chi connectivity index (χ1v) is 3.63. The minimum atomic E-state index is -0.475. The van der Waals surface area contributed by atoms with Gasteiger partial charge in [0.15, 0.2) is 5.11 Å². The van der Waals surface area contributed by atoms with Gasteiger partial charge in [0.2, 0.25) is 0 Å². The van der Waals surface area contributed by atoms with Crippen molar-refractivity contribution in [2.75, 3.05) is 0 Å². The molecule has 56 valence electrons. The third kappa shape index (κ3) is 0.988. The lowest BCUT2D eigenvalue weighted by Gasteiger charge is -2.17. The molecule has 2 N–H and O–H groups in total. The van der Waals surface area contributed by atoms with E-state index in [0.717, 1.165) is 6.42 Å². The standard InChI is InChI=1S/C6H10N2OS/c1-3-6(2)4(9)7-5(10)8-6/h3H2,1-2H3,(H2,7,8,9,10)/t6-/m1/s1. The van der Waals surface area contributed by atoms with Crippen molar-refractivity contribution in [1.82, 2.24) is 10.6 Å². The number of thiocarbonyl (C=S) groups is 1. The van der Waals surface area contributed by atoms with E-state index in [1.165, 1.54) is 0 Å². The van der Waals surface area contributed by atoms with Crippen LogP contribution in [-0.4, -0.2) is 16.6 Å². The Morgan fingerprint density at radius 2 is 2.30 bits per heavy atom. The predicted octanol–water partition coefficient (Wildman–Crippen LogP) is 0.159. The van der Waals surface area contributed by atoms with Gasteiger partial charge in [0.25, 0.3) is 5.91 Å². The highest BCUT2D eigenvalue weighted by atomic mass is 32.1. The molecule has 0 spiro atoms. The molecule has 1 fully saturated rings. The Morgan fingerprint density at radius 1 is 1.70 bits per heavy atom. The Kier molecular flexibility index (Phi) is 1.64. The summed E-state index contributed by atoms with van der Waals surface area (Å²) in [6.07, 6.45) is 0.749. The smallest absolute Gasteiger partial charge is 0.251 e. The normalized spacial score (nSPS) is 31.8. The summed E-state index contributed by atoms with van der Waals surface area (Å²) in [5.41, 5.74) is -0.475. The molecule has 1 rings (SSSR count). The van der Waals surface area contributed by atoms with Gasteiger partial charge >= 0.3 is 0 Å². The van der Waals surface area contributed by atoms with Crippen molar-refractivity contribution in [1.29, 1.82) is 0 Å². The summed E-state index contributed by atoms with van der Waals surface area (Å²) in [4.78, 5) is 11.1. The van der Waals surface area contributed by atoms with E-state index >= 15 is 0 Å². The van der Waals surface area contributed by atoms with Crippen LogP contribution in [0, 0.1) is 0 Å². The van der Waals surface area contributed by atoms with Crippen molar-refractivity contribution in [2.45, 2.75) is 25.8 Å². The monoisotopic (exact) mass is 158 g/mol. The van der Waals surface area contributed by atoms with E-state index in [9.17, 15) is 4.79 Å². The van der Waals surface area contributed by atoms with Gasteiger partial charge in [0, 0.05) is 0 Å². The molecule has 1 atom stereocenters. The summed E-state index contributed by atoms with van der Waals surface area (Å²) < 4.78 is 0. The van der Waals surface area contributed by atoms with Crippen molar-refractivity contribution in [3.05, 3.63) is 0 Å². The molecule has 0 aromatic rings. The average molecular weight is 158 g/mol. The van der Waals surface area contributed by atoms with Crippen LogP contribution < -0.4 is 10.6 Å². The van der Waals surface area contributed by atoms with Gasteiger partial charge in [0.05, 0.1) is 0 Å². The number of carbonyl (C=O) groups excluding carboxylic acids is 1. The van der Waals surface area contributed by atoms with Gasteiger partial charge < -0.3 is 10.6 Å². The van der Waals surface area contributed by atoms with Gasteiger partial charge in [-0.25, -0.2) is 0 Å². The van der Waals surface area contributed by atoms with E-state index in [1.54, 1.807) is 0 Å². The van der Waals surface area contributed by atoms with Crippen LogP contribution in [0.25, 0.3) is 0 Å². The number of amides is 1. The molecule has 1 heterocycles. The summed E-state index contributed by atoms with van der Waals surface area (Å²) in [6.45, 7) is 3.78. The van der Waals surface area contributed by atoms with Crippen molar-refractivity contribution in [2.24, 2.45) is 0 Å². The number of carbonyl (C=O) groups is 1. The highest BCUT2D eigenvalue weighted by Gasteiger charge is 2.37. The maximum absolute atomic E-state index is 11.1. The highest BCUT2D eigenvalue weighted by molar-refractivity contribution is 7.80. The van der Waals surface area contributed by atoms with E-state index in [0.29, 0.717) is 5.11 Å². The lowest BCUT2D eigenvalue weighted by molar-refractivity contribution is -0.123. The fourth-order valence-corrected chi connectivity index (χ4v) is 1.15. The second kappa shape index (κ2) is 2.20. The molecule has 10 heavy (non-hydrogen) atoms. The zero-order valence-electron chi connectivity index (χ0n) is 6.02. The molecule has 0 unspecified atom stereocenters. The Hall–Kier alpha value is -0.640. The molecular weight excluding hydrogens is 148 g/mol. The lowest BCUT2D eigenvalue weighted by atomic mass is 10.0. The first kappa shape index (κ1) is 7.47. The summed E-state index contributed by atoms with van der Waals surface area (Å²) in [5.74, 6) is -0.0278. The van der Waals surface area contributed by atoms with Gasteiger partial charge in [-0.15, -0.1) is 0 Å². The zero-order chi connectivity index (χ0) is 7.78. The first-order valence-electron chi connectivity index (χ1n) is 3.22. The maximum Gasteiger partial charge on any atom is 0.251 e. The minimum Gasteiger partial charge on any atom is -0.348 e. The molecule has 3 nitrogen and oxygen atoms in total. The number of rotatable bonds is 1. The molecule has 0 aromatic carbocycles. The van der Waals surface area contributed by atoms with Crippen LogP contribution in [0.15, 0.2) is 0 Å². The Labute approximate surface area is 65.2 Å². The summed E-state index contributed by atoms with van der Waals surface area (Å²) in [5, 5.41) is 5.88. The topological polar surface area (TPSA) is 41.1 Å². The number of nitrogens with one attached hydrogen (secondary N) is 2. The lowest BCUT2D eigenvalue weighted by Crippen LogP contribution is -2.42. The number of hydrogen-bond donors (Lipinski definition) is 2. The van der Waals surface area contributed by atoms with Gasteiger partial charge in [-0.1, -0.05) is 6.92 Å². The molecule has 1 aliphatic rings. The van der Waals surface area contributed by atoms with Crippen molar-refractivity contribution < 1.29 is 4.79 Å². The molecular formula is C6H10N2OS. The van der Waals surface area contributed by atoms with Crippen LogP contribution in [0.1, 0.15) is 20.3 Å². The van der Waals surface area contributed by atoms with Crippen LogP contribution in [-0.2, 0) is 4.79 Å². The Bertz CT molecular complexity index is 192. The van der Waals surface area contributed by atoms with Gasteiger partial charge in [-0.2, -0.15) is 0 Å². The largest absolute Gasteiger partial charge is 0.348 e. The minimum absolute atomic E-state index is 0.0278. The van der Waals surface area contributed by atoms with Crippen LogP contribution >= 0.6 is 12.2 Å². The quantitative estimate of drug-likeness (QED) is 0.534. The second-order valence-corrected chi connectivity index (χ2v) is 3.00. The van der Waals surface area contributed by atoms with Crippen molar-refractivity contribution >= 4 is 23.2 Å². The van der Waals surface area contributed by atoms with Crippen molar-refractivity contribution in [3.8, 4) is 0 Å². The molecule has 1 saturated heterocycles. The zero-order valence-corrected chi connectivity index (χ0v) is 6.84. The van der Waals surface area contributed by atoms with Gasteiger partial charge in [-0.05, 0) is 25.6 Å². The van der Waals surface area contributed by atoms with Crippen molar-refractivity contribution in [3.63, 3.8) is 0 Å². The Balaban J connectivity index is 2.80. The third-order valence-corrected chi connectivity index (χ3v) is 2.03. The average Bonchev–Trinajstić information content (AvgIpc) is 2.09. The van der Waals surface area contributed by atoms with Gasteiger partial charge in [-0.3, -0.25) is 4.79 Å². The molecule has 1 amide bonds. The maximum atomic E-state index is 11.1. The van der Waals surface area contributed by atoms with Gasteiger partial charge in [0.1, 0.15) is 5.54 Å². The molecule has 0 radical (unpaired) electrons. The summed E-state index contributed by atoms with van der Waals surface area (Å²) in [6, 6.07) is 0. The molecule has 0 aliphatic carbocycles. The van der Waals surface area contributed by atoms with E-state index in [1.807, 2.05) is 13.8 Å². The highest BCUT2D eigenvalue weighted by Crippen LogP contribution is 2.12. The Morgan fingerprint density at radius 3 is 2.50 bits per heavy atom. The van der Waals surface area contributed by atoms with Crippen LogP contribution in [0.5, 0.6) is 0 Å². The molecule has 1 aliphatic heterocycles. The number of hydrogen-bond acceptors (Lipinski definition) is 2. The van der Waals surface area contributed by atoms with E-state index < -0.39 is 5.54 Å². The van der Waals surface area contributed by atoms with E-state index in [2.05, 4.69) is 10.6 Å². The van der Waals surface area contributed by atoms with E-state index in [4.69, 9.17) is 12.2 Å². The van der Waals surface area contributed by atoms with E-state index in [-0.39, 0.29) is 5.91 Å². The third-order valence-electron chi connectivity index (χ3n) is 1.82. The fraction of sp³-hybridized carbons (Fsp3) is 0.667. The first-order chi connectivity index (χ1) is 4.58.